The molecule has 1 aromatic carbocycles. The minimum Gasteiger partial charge on any atom is -0.375 e. The maximum absolute atomic E-state index is 10.3. The Balaban J connectivity index is 2.51. The van der Waals surface area contributed by atoms with Gasteiger partial charge in [-0.1, -0.05) is 0 Å². The van der Waals surface area contributed by atoms with E-state index in [1.165, 1.54) is 12.1 Å². The van der Waals surface area contributed by atoms with Gasteiger partial charge in [-0.3, -0.25) is 10.1 Å². The van der Waals surface area contributed by atoms with Crippen molar-refractivity contribution in [3.63, 3.8) is 0 Å². The van der Waals surface area contributed by atoms with Crippen molar-refractivity contribution >= 4 is 5.69 Å². The lowest BCUT2D eigenvalue weighted by molar-refractivity contribution is -0.384. The van der Waals surface area contributed by atoms with E-state index < -0.39 is 4.92 Å². The van der Waals surface area contributed by atoms with Crippen LogP contribution in [0.1, 0.15) is 5.56 Å². The van der Waals surface area contributed by atoms with E-state index >= 15 is 0 Å². The van der Waals surface area contributed by atoms with Crippen LogP contribution in [0.2, 0.25) is 0 Å². The Bertz CT molecular complexity index is 297. The van der Waals surface area contributed by atoms with Crippen LogP contribution in [0.5, 0.6) is 0 Å². The second-order valence-corrected chi connectivity index (χ2v) is 2.76. The third-order valence-electron chi connectivity index (χ3n) is 1.68. The molecule has 0 radical (unpaired) electrons. The Morgan fingerprint density at radius 3 is 2.50 bits per heavy atom. The van der Waals surface area contributed by atoms with Crippen LogP contribution in [0.25, 0.3) is 0 Å². The average Bonchev–Trinajstić information content (AvgIpc) is 2.19. The lowest BCUT2D eigenvalue weighted by Gasteiger charge is -2.01. The summed E-state index contributed by atoms with van der Waals surface area (Å²) in [6.07, 6.45) is 0. The minimum absolute atomic E-state index is 0.0903. The van der Waals surface area contributed by atoms with Crippen LogP contribution >= 0.6 is 0 Å². The van der Waals surface area contributed by atoms with Gasteiger partial charge in [0.15, 0.2) is 0 Å². The summed E-state index contributed by atoms with van der Waals surface area (Å²) in [5.74, 6) is 0. The molecule has 0 heterocycles. The molecule has 0 unspecified atom stereocenters. The molecule has 76 valence electrons. The van der Waals surface area contributed by atoms with Gasteiger partial charge in [-0.25, -0.2) is 0 Å². The second kappa shape index (κ2) is 5.31. The summed E-state index contributed by atoms with van der Waals surface area (Å²) in [6, 6.07) is 6.27. The highest BCUT2D eigenvalue weighted by atomic mass is 16.6. The van der Waals surface area contributed by atoms with Crippen molar-refractivity contribution in [1.29, 1.82) is 0 Å². The molecular weight excluding hydrogens is 184 g/mol. The number of nitrogens with two attached hydrogens (primary N) is 1. The molecule has 0 saturated heterocycles. The van der Waals surface area contributed by atoms with E-state index in [1.807, 2.05) is 0 Å². The van der Waals surface area contributed by atoms with Gasteiger partial charge < -0.3 is 10.5 Å². The number of hydrogen-bond donors (Lipinski definition) is 1. The quantitative estimate of drug-likeness (QED) is 0.434. The summed E-state index contributed by atoms with van der Waals surface area (Å²) in [5.41, 5.74) is 6.24. The van der Waals surface area contributed by atoms with Gasteiger partial charge in [0.2, 0.25) is 0 Å². The van der Waals surface area contributed by atoms with E-state index in [1.54, 1.807) is 12.1 Å². The summed E-state index contributed by atoms with van der Waals surface area (Å²) in [5, 5.41) is 10.3. The number of hydrogen-bond acceptors (Lipinski definition) is 4. The van der Waals surface area contributed by atoms with Crippen molar-refractivity contribution in [2.75, 3.05) is 13.2 Å². The number of benzene rings is 1. The summed E-state index contributed by atoms with van der Waals surface area (Å²) >= 11 is 0. The van der Waals surface area contributed by atoms with Crippen molar-refractivity contribution in [3.05, 3.63) is 39.9 Å². The standard InChI is InChI=1S/C9H12N2O3/c10-5-6-14-7-8-1-3-9(4-2-8)11(12)13/h1-4H,5-7,10H2. The SMILES string of the molecule is NCCOCc1ccc([N+](=O)[O-])cc1. The van der Waals surface area contributed by atoms with Crippen LogP contribution in [-0.4, -0.2) is 18.1 Å². The fourth-order valence-corrected chi connectivity index (χ4v) is 0.987. The maximum atomic E-state index is 10.3. The Morgan fingerprint density at radius 2 is 2.00 bits per heavy atom. The minimum atomic E-state index is -0.426. The number of non-ortho nitro benzene ring substituents is 1. The number of ether oxygens (including phenoxy) is 1. The van der Waals surface area contributed by atoms with Gasteiger partial charge in [0, 0.05) is 18.7 Å². The van der Waals surface area contributed by atoms with Crippen molar-refractivity contribution in [1.82, 2.24) is 0 Å². The first-order chi connectivity index (χ1) is 6.74. The molecule has 14 heavy (non-hydrogen) atoms. The zero-order valence-corrected chi connectivity index (χ0v) is 7.68. The van der Waals surface area contributed by atoms with E-state index in [-0.39, 0.29) is 5.69 Å². The van der Waals surface area contributed by atoms with Gasteiger partial charge in [-0.15, -0.1) is 0 Å². The maximum Gasteiger partial charge on any atom is 0.269 e. The predicted molar refractivity (Wildman–Crippen MR) is 51.8 cm³/mol. The van der Waals surface area contributed by atoms with E-state index in [2.05, 4.69) is 0 Å². The first-order valence-electron chi connectivity index (χ1n) is 4.25. The van der Waals surface area contributed by atoms with Gasteiger partial charge in [-0.2, -0.15) is 0 Å². The zero-order valence-electron chi connectivity index (χ0n) is 7.68. The summed E-state index contributed by atoms with van der Waals surface area (Å²) in [7, 11) is 0. The lowest BCUT2D eigenvalue weighted by atomic mass is 10.2. The monoisotopic (exact) mass is 196 g/mol. The number of nitro benzene ring substituents is 1. The molecule has 0 saturated carbocycles. The normalized spacial score (nSPS) is 10.1. The number of nitrogens with zero attached hydrogens (tertiary/aromatic N) is 1. The largest absolute Gasteiger partial charge is 0.375 e. The van der Waals surface area contributed by atoms with Crippen molar-refractivity contribution < 1.29 is 9.66 Å². The Labute approximate surface area is 81.6 Å². The van der Waals surface area contributed by atoms with E-state index in [0.717, 1.165) is 5.56 Å². The van der Waals surface area contributed by atoms with Crippen LogP contribution in [-0.2, 0) is 11.3 Å². The second-order valence-electron chi connectivity index (χ2n) is 2.76. The van der Waals surface area contributed by atoms with Gasteiger partial charge in [0.25, 0.3) is 5.69 Å². The van der Waals surface area contributed by atoms with Crippen LogP contribution in [0.4, 0.5) is 5.69 Å². The van der Waals surface area contributed by atoms with E-state index in [9.17, 15) is 10.1 Å². The highest BCUT2D eigenvalue weighted by Crippen LogP contribution is 2.12. The predicted octanol–water partition coefficient (Wildman–Crippen LogP) is 1.07. The van der Waals surface area contributed by atoms with E-state index in [0.29, 0.717) is 19.8 Å². The van der Waals surface area contributed by atoms with Crippen LogP contribution in [0.3, 0.4) is 0 Å². The summed E-state index contributed by atoms with van der Waals surface area (Å²) in [6.45, 7) is 1.42. The molecule has 0 amide bonds. The van der Waals surface area contributed by atoms with Crippen LogP contribution in [0, 0.1) is 10.1 Å². The molecule has 0 aliphatic carbocycles. The van der Waals surface area contributed by atoms with E-state index in [4.69, 9.17) is 10.5 Å². The molecule has 0 bridgehead atoms. The third kappa shape index (κ3) is 3.12. The highest BCUT2D eigenvalue weighted by molar-refractivity contribution is 5.32. The zero-order chi connectivity index (χ0) is 10.4. The Kier molecular flexibility index (Phi) is 4.03. The Hall–Kier alpha value is -1.46. The average molecular weight is 196 g/mol. The molecule has 5 nitrogen and oxygen atoms in total. The van der Waals surface area contributed by atoms with Gasteiger partial charge in [0.05, 0.1) is 18.1 Å². The molecular formula is C9H12N2O3. The van der Waals surface area contributed by atoms with Crippen LogP contribution < -0.4 is 5.73 Å². The highest BCUT2D eigenvalue weighted by Gasteiger charge is 2.03. The molecule has 5 heteroatoms. The van der Waals surface area contributed by atoms with Gasteiger partial charge >= 0.3 is 0 Å². The van der Waals surface area contributed by atoms with Crippen molar-refractivity contribution in [2.24, 2.45) is 5.73 Å². The van der Waals surface area contributed by atoms with Gasteiger partial charge in [-0.05, 0) is 17.7 Å². The lowest BCUT2D eigenvalue weighted by Crippen LogP contribution is -2.08. The molecule has 1 aromatic rings. The Morgan fingerprint density at radius 1 is 1.36 bits per heavy atom. The fourth-order valence-electron chi connectivity index (χ4n) is 0.987. The molecule has 0 aliphatic rings. The fraction of sp³-hybridized carbons (Fsp3) is 0.333. The molecule has 0 spiro atoms. The first kappa shape index (κ1) is 10.6. The molecule has 0 atom stereocenters. The number of rotatable bonds is 5. The third-order valence-corrected chi connectivity index (χ3v) is 1.68. The topological polar surface area (TPSA) is 78.4 Å². The van der Waals surface area contributed by atoms with Gasteiger partial charge in [0.1, 0.15) is 0 Å². The molecule has 2 N–H and O–H groups in total. The van der Waals surface area contributed by atoms with Crippen molar-refractivity contribution in [3.8, 4) is 0 Å². The van der Waals surface area contributed by atoms with Crippen LogP contribution in [0.15, 0.2) is 24.3 Å². The number of nitro groups is 1. The first-order valence-corrected chi connectivity index (χ1v) is 4.25. The molecule has 0 aliphatic heterocycles. The molecule has 0 aromatic heterocycles. The molecule has 1 rings (SSSR count). The molecule has 0 fully saturated rings. The summed E-state index contributed by atoms with van der Waals surface area (Å²) < 4.78 is 5.17. The summed E-state index contributed by atoms with van der Waals surface area (Å²) in [4.78, 5) is 9.90. The smallest absolute Gasteiger partial charge is 0.269 e. The van der Waals surface area contributed by atoms with Crippen molar-refractivity contribution in [2.45, 2.75) is 6.61 Å².